The lowest BCUT2D eigenvalue weighted by Gasteiger charge is -2.35. The van der Waals surface area contributed by atoms with Crippen molar-refractivity contribution in [2.75, 3.05) is 26.7 Å². The maximum absolute atomic E-state index is 4.57. The first-order chi connectivity index (χ1) is 9.11. The number of aromatic nitrogens is 1. The van der Waals surface area contributed by atoms with Gasteiger partial charge in [0.25, 0.3) is 0 Å². The van der Waals surface area contributed by atoms with Crippen molar-refractivity contribution in [3.8, 4) is 0 Å². The molecule has 1 atom stereocenters. The van der Waals surface area contributed by atoms with Crippen LogP contribution < -0.4 is 5.32 Å². The fourth-order valence-electron chi connectivity index (χ4n) is 3.08. The van der Waals surface area contributed by atoms with Gasteiger partial charge in [-0.2, -0.15) is 0 Å². The summed E-state index contributed by atoms with van der Waals surface area (Å²) in [6.45, 7) is 10.2. The lowest BCUT2D eigenvalue weighted by molar-refractivity contribution is 0.139. The Hall–Kier alpha value is -0.450. The number of piperidine rings is 1. The average Bonchev–Trinajstić information content (AvgIpc) is 2.75. The standard InChI is InChI=1S/C15H27N3S/c1-11-15(19-13(3)17-11)12(2)18-9-6-14(7-10-18)5-8-16-4/h12,14,16H,5-10H2,1-4H3. The van der Waals surface area contributed by atoms with Gasteiger partial charge in [-0.05, 0) is 72.6 Å². The Morgan fingerprint density at radius 1 is 1.37 bits per heavy atom. The molecule has 19 heavy (non-hydrogen) atoms. The third-order valence-corrected chi connectivity index (χ3v) is 5.56. The summed E-state index contributed by atoms with van der Waals surface area (Å²) in [5, 5.41) is 4.46. The fraction of sp³-hybridized carbons (Fsp3) is 0.800. The Morgan fingerprint density at radius 2 is 2.05 bits per heavy atom. The highest BCUT2D eigenvalue weighted by atomic mass is 32.1. The number of hydrogen-bond donors (Lipinski definition) is 1. The summed E-state index contributed by atoms with van der Waals surface area (Å²) < 4.78 is 0. The van der Waals surface area contributed by atoms with Crippen LogP contribution >= 0.6 is 11.3 Å². The van der Waals surface area contributed by atoms with Crippen LogP contribution in [0.5, 0.6) is 0 Å². The quantitative estimate of drug-likeness (QED) is 0.898. The first-order valence-corrected chi connectivity index (χ1v) is 8.26. The topological polar surface area (TPSA) is 28.2 Å². The second kappa shape index (κ2) is 6.82. The summed E-state index contributed by atoms with van der Waals surface area (Å²) in [6.07, 6.45) is 4.03. The molecule has 1 aliphatic rings. The molecule has 4 heteroatoms. The largest absolute Gasteiger partial charge is 0.320 e. The first kappa shape index (κ1) is 14.9. The summed E-state index contributed by atoms with van der Waals surface area (Å²) in [5.41, 5.74) is 1.23. The summed E-state index contributed by atoms with van der Waals surface area (Å²) in [6, 6.07) is 0.538. The van der Waals surface area contributed by atoms with Crippen molar-refractivity contribution < 1.29 is 0 Å². The van der Waals surface area contributed by atoms with E-state index in [-0.39, 0.29) is 0 Å². The Bertz CT molecular complexity index is 394. The lowest BCUT2D eigenvalue weighted by atomic mass is 9.92. The molecule has 0 aliphatic carbocycles. The molecule has 0 bridgehead atoms. The molecule has 1 aliphatic heterocycles. The summed E-state index contributed by atoms with van der Waals surface area (Å²) in [4.78, 5) is 8.66. The van der Waals surface area contributed by atoms with Gasteiger partial charge < -0.3 is 5.32 Å². The van der Waals surface area contributed by atoms with E-state index in [9.17, 15) is 0 Å². The molecule has 0 aromatic carbocycles. The molecule has 0 saturated carbocycles. The van der Waals surface area contributed by atoms with Gasteiger partial charge in [-0.3, -0.25) is 4.90 Å². The van der Waals surface area contributed by atoms with E-state index in [4.69, 9.17) is 0 Å². The Morgan fingerprint density at radius 3 is 2.58 bits per heavy atom. The van der Waals surface area contributed by atoms with Crippen LogP contribution in [-0.4, -0.2) is 36.6 Å². The van der Waals surface area contributed by atoms with Crippen LogP contribution in [0.1, 0.15) is 47.8 Å². The summed E-state index contributed by atoms with van der Waals surface area (Å²) in [5.74, 6) is 0.917. The van der Waals surface area contributed by atoms with Gasteiger partial charge >= 0.3 is 0 Å². The third kappa shape index (κ3) is 3.77. The monoisotopic (exact) mass is 281 g/mol. The number of thiazole rings is 1. The van der Waals surface area contributed by atoms with E-state index in [1.807, 2.05) is 18.4 Å². The van der Waals surface area contributed by atoms with E-state index in [1.54, 1.807) is 0 Å². The van der Waals surface area contributed by atoms with Gasteiger partial charge in [-0.15, -0.1) is 11.3 Å². The number of hydrogen-bond acceptors (Lipinski definition) is 4. The molecule has 1 unspecified atom stereocenters. The molecule has 2 rings (SSSR count). The van der Waals surface area contributed by atoms with E-state index in [0.29, 0.717) is 6.04 Å². The fourth-order valence-corrected chi connectivity index (χ4v) is 4.09. The van der Waals surface area contributed by atoms with Crippen LogP contribution in [-0.2, 0) is 0 Å². The van der Waals surface area contributed by atoms with Crippen LogP contribution in [0, 0.1) is 19.8 Å². The minimum Gasteiger partial charge on any atom is -0.320 e. The minimum absolute atomic E-state index is 0.538. The number of nitrogens with zero attached hydrogens (tertiary/aromatic N) is 2. The molecule has 1 N–H and O–H groups in total. The molecular formula is C15H27N3S. The van der Waals surface area contributed by atoms with Crippen LogP contribution in [0.15, 0.2) is 0 Å². The first-order valence-electron chi connectivity index (χ1n) is 7.44. The molecule has 108 valence electrons. The van der Waals surface area contributed by atoms with Gasteiger partial charge in [-0.1, -0.05) is 0 Å². The van der Waals surface area contributed by atoms with Gasteiger partial charge in [0.05, 0.1) is 10.7 Å². The lowest BCUT2D eigenvalue weighted by Crippen LogP contribution is -2.36. The smallest absolute Gasteiger partial charge is 0.0900 e. The van der Waals surface area contributed by atoms with Crippen LogP contribution in [0.25, 0.3) is 0 Å². The van der Waals surface area contributed by atoms with Crippen molar-refractivity contribution in [2.24, 2.45) is 5.92 Å². The number of rotatable bonds is 5. The van der Waals surface area contributed by atoms with E-state index >= 15 is 0 Å². The Kier molecular flexibility index (Phi) is 5.37. The highest BCUT2D eigenvalue weighted by molar-refractivity contribution is 7.11. The zero-order valence-corrected chi connectivity index (χ0v) is 13.5. The summed E-state index contributed by atoms with van der Waals surface area (Å²) in [7, 11) is 2.05. The van der Waals surface area contributed by atoms with E-state index in [0.717, 1.165) is 12.5 Å². The third-order valence-electron chi connectivity index (χ3n) is 4.32. The molecule has 1 aromatic rings. The van der Waals surface area contributed by atoms with E-state index < -0.39 is 0 Å². The van der Waals surface area contributed by atoms with Crippen molar-refractivity contribution in [3.63, 3.8) is 0 Å². The predicted octanol–water partition coefficient (Wildman–Crippen LogP) is 3.14. The number of nitrogens with one attached hydrogen (secondary N) is 1. The molecule has 0 spiro atoms. The predicted molar refractivity (Wildman–Crippen MR) is 82.8 cm³/mol. The molecule has 1 aromatic heterocycles. The van der Waals surface area contributed by atoms with Gasteiger partial charge in [0.15, 0.2) is 0 Å². The highest BCUT2D eigenvalue weighted by Gasteiger charge is 2.25. The average molecular weight is 281 g/mol. The SMILES string of the molecule is CNCCC1CCN(C(C)c2sc(C)nc2C)CC1. The molecule has 2 heterocycles. The maximum Gasteiger partial charge on any atom is 0.0900 e. The molecule has 0 amide bonds. The number of aryl methyl sites for hydroxylation is 2. The van der Waals surface area contributed by atoms with Crippen molar-refractivity contribution >= 4 is 11.3 Å². The Balaban J connectivity index is 1.89. The normalized spacial score (nSPS) is 19.8. The van der Waals surface area contributed by atoms with Crippen molar-refractivity contribution in [2.45, 2.75) is 46.1 Å². The van der Waals surface area contributed by atoms with Crippen molar-refractivity contribution in [3.05, 3.63) is 15.6 Å². The van der Waals surface area contributed by atoms with Crippen molar-refractivity contribution in [1.29, 1.82) is 0 Å². The van der Waals surface area contributed by atoms with Gasteiger partial charge in [0.2, 0.25) is 0 Å². The summed E-state index contributed by atoms with van der Waals surface area (Å²) >= 11 is 1.87. The van der Waals surface area contributed by atoms with Gasteiger partial charge in [0.1, 0.15) is 0 Å². The minimum atomic E-state index is 0.538. The maximum atomic E-state index is 4.57. The molecule has 1 fully saturated rings. The molecule has 1 saturated heterocycles. The molecule has 0 radical (unpaired) electrons. The highest BCUT2D eigenvalue weighted by Crippen LogP contribution is 2.32. The zero-order chi connectivity index (χ0) is 13.8. The zero-order valence-electron chi connectivity index (χ0n) is 12.7. The van der Waals surface area contributed by atoms with Crippen LogP contribution in [0.2, 0.25) is 0 Å². The van der Waals surface area contributed by atoms with Crippen LogP contribution in [0.3, 0.4) is 0 Å². The molecule has 3 nitrogen and oxygen atoms in total. The van der Waals surface area contributed by atoms with E-state index in [1.165, 1.54) is 47.9 Å². The Labute approximate surface area is 121 Å². The van der Waals surface area contributed by atoms with Gasteiger partial charge in [0, 0.05) is 10.9 Å². The van der Waals surface area contributed by atoms with E-state index in [2.05, 4.69) is 36.0 Å². The number of likely N-dealkylation sites (tertiary alicyclic amines) is 1. The van der Waals surface area contributed by atoms with Crippen molar-refractivity contribution in [1.82, 2.24) is 15.2 Å². The van der Waals surface area contributed by atoms with Crippen LogP contribution in [0.4, 0.5) is 0 Å². The molecular weight excluding hydrogens is 254 g/mol. The second-order valence-electron chi connectivity index (χ2n) is 5.73. The second-order valence-corrected chi connectivity index (χ2v) is 6.96. The van der Waals surface area contributed by atoms with Gasteiger partial charge in [-0.25, -0.2) is 4.98 Å².